The van der Waals surface area contributed by atoms with Gasteiger partial charge < -0.3 is 28.7 Å². The largest absolute Gasteiger partial charge is 0.479 e. The van der Waals surface area contributed by atoms with Crippen LogP contribution in [0, 0.1) is 5.41 Å². The van der Waals surface area contributed by atoms with Gasteiger partial charge in [0.2, 0.25) is 15.7 Å². The molecule has 0 aromatic carbocycles. The monoisotopic (exact) mass is 598 g/mol. The lowest BCUT2D eigenvalue weighted by Crippen LogP contribution is -2.55. The number of thioether (sulfide) groups is 1. The Kier molecular flexibility index (Phi) is 12.2. The SMILES string of the molecule is CCOC(=S)SC(CCC(=O)N1C=C(C(=O)OC(C)(C)C)CCC1)CN1C=CCC(C(=O)OC)(C(=O)OC)C1=O. The van der Waals surface area contributed by atoms with Gasteiger partial charge in [-0.25, -0.2) is 4.79 Å². The Hall–Kier alpha value is -2.93. The molecule has 2 aliphatic heterocycles. The van der Waals surface area contributed by atoms with E-state index in [1.807, 2.05) is 0 Å². The Labute approximate surface area is 244 Å². The molecule has 2 amide bonds. The predicted octanol–water partition coefficient (Wildman–Crippen LogP) is 3.12. The normalized spacial score (nSPS) is 17.4. The number of methoxy groups -OCH3 is 2. The second kappa shape index (κ2) is 14.6. The predicted molar refractivity (Wildman–Crippen MR) is 152 cm³/mol. The van der Waals surface area contributed by atoms with Crippen LogP contribution in [0.3, 0.4) is 0 Å². The number of hydrogen-bond acceptors (Lipinski definition) is 11. The molecule has 2 rings (SSSR count). The van der Waals surface area contributed by atoms with E-state index in [4.69, 9.17) is 31.2 Å². The second-order valence-electron chi connectivity index (χ2n) is 10.2. The van der Waals surface area contributed by atoms with Crippen molar-refractivity contribution < 1.29 is 42.9 Å². The number of nitrogens with zero attached hydrogens (tertiary/aromatic N) is 2. The van der Waals surface area contributed by atoms with Crippen molar-refractivity contribution in [2.75, 3.05) is 33.9 Å². The number of ether oxygens (including phenoxy) is 4. The maximum Gasteiger partial charge on any atom is 0.336 e. The van der Waals surface area contributed by atoms with Crippen LogP contribution in [-0.2, 0) is 42.9 Å². The van der Waals surface area contributed by atoms with Gasteiger partial charge in [0.25, 0.3) is 5.91 Å². The third-order valence-corrected chi connectivity index (χ3v) is 7.58. The molecule has 0 saturated heterocycles. The zero-order valence-corrected chi connectivity index (χ0v) is 25.5. The molecule has 13 heteroatoms. The van der Waals surface area contributed by atoms with Crippen molar-refractivity contribution in [3.05, 3.63) is 24.0 Å². The van der Waals surface area contributed by atoms with Crippen LogP contribution >= 0.6 is 24.0 Å². The van der Waals surface area contributed by atoms with Gasteiger partial charge >= 0.3 is 17.9 Å². The van der Waals surface area contributed by atoms with E-state index in [2.05, 4.69) is 0 Å². The number of carbonyl (C=O) groups excluding carboxylic acids is 5. The van der Waals surface area contributed by atoms with Crippen LogP contribution in [-0.4, -0.2) is 88.7 Å². The average molecular weight is 599 g/mol. The Morgan fingerprint density at radius 2 is 1.80 bits per heavy atom. The number of thiocarbonyl (C=S) groups is 1. The summed E-state index contributed by atoms with van der Waals surface area (Å²) in [5, 5.41) is -0.415. The highest BCUT2D eigenvalue weighted by atomic mass is 32.2. The van der Waals surface area contributed by atoms with Crippen molar-refractivity contribution in [1.29, 1.82) is 0 Å². The summed E-state index contributed by atoms with van der Waals surface area (Å²) in [5.41, 5.74) is -2.36. The molecular weight excluding hydrogens is 560 g/mol. The fourth-order valence-corrected chi connectivity index (χ4v) is 5.70. The average Bonchev–Trinajstić information content (AvgIpc) is 2.91. The molecule has 11 nitrogen and oxygen atoms in total. The van der Waals surface area contributed by atoms with Gasteiger partial charge in [0.15, 0.2) is 0 Å². The first-order valence-corrected chi connectivity index (χ1v) is 14.3. The van der Waals surface area contributed by atoms with Crippen molar-refractivity contribution in [2.45, 2.75) is 70.7 Å². The first-order valence-electron chi connectivity index (χ1n) is 13.0. The Bertz CT molecular complexity index is 1050. The minimum absolute atomic E-state index is 0.0369. The van der Waals surface area contributed by atoms with Gasteiger partial charge in [-0.3, -0.25) is 19.2 Å². The molecule has 0 radical (unpaired) electrons. The highest BCUT2D eigenvalue weighted by Crippen LogP contribution is 2.34. The summed E-state index contributed by atoms with van der Waals surface area (Å²) >= 11 is 6.48. The van der Waals surface area contributed by atoms with E-state index in [0.29, 0.717) is 38.0 Å². The Morgan fingerprint density at radius 1 is 1.15 bits per heavy atom. The van der Waals surface area contributed by atoms with E-state index < -0.39 is 40.1 Å². The quantitative estimate of drug-likeness (QED) is 0.159. The standard InChI is InChI=1S/C27H38N2O9S2/c1-7-37-25(39)40-19(17-29-15-9-13-27(22(29)32,23(33)35-5)24(34)36-6)11-12-20(30)28-14-8-10-18(16-28)21(31)38-26(2,3)4/h9,15-16,19H,7-8,10-14,17H2,1-6H3. The Morgan fingerprint density at radius 3 is 2.38 bits per heavy atom. The zero-order valence-electron chi connectivity index (χ0n) is 23.9. The van der Waals surface area contributed by atoms with E-state index >= 15 is 0 Å². The Balaban J connectivity index is 2.19. The molecule has 0 saturated carbocycles. The fourth-order valence-electron chi connectivity index (χ4n) is 4.25. The highest BCUT2D eigenvalue weighted by Gasteiger charge is 2.57. The number of hydrogen-bond donors (Lipinski definition) is 0. The highest BCUT2D eigenvalue weighted by molar-refractivity contribution is 8.23. The lowest BCUT2D eigenvalue weighted by molar-refractivity contribution is -0.176. The second-order valence-corrected chi connectivity index (χ2v) is 12.1. The molecule has 1 unspecified atom stereocenters. The summed E-state index contributed by atoms with van der Waals surface area (Å²) in [6, 6.07) is 0. The van der Waals surface area contributed by atoms with Crippen LogP contribution in [0.4, 0.5) is 0 Å². The van der Waals surface area contributed by atoms with Crippen LogP contribution in [0.5, 0.6) is 0 Å². The lowest BCUT2D eigenvalue weighted by Gasteiger charge is -2.35. The molecule has 0 N–H and O–H groups in total. The summed E-state index contributed by atoms with van der Waals surface area (Å²) in [6.45, 7) is 7.98. The third kappa shape index (κ3) is 8.53. The molecule has 2 heterocycles. The topological polar surface area (TPSA) is 129 Å². The van der Waals surface area contributed by atoms with Crippen molar-refractivity contribution >= 4 is 58.1 Å². The van der Waals surface area contributed by atoms with Crippen molar-refractivity contribution in [3.8, 4) is 0 Å². The number of carbonyl (C=O) groups is 5. The van der Waals surface area contributed by atoms with Gasteiger partial charge in [0.05, 0.1) is 26.4 Å². The zero-order chi connectivity index (χ0) is 30.1. The van der Waals surface area contributed by atoms with Gasteiger partial charge in [0, 0.05) is 43.6 Å². The summed E-state index contributed by atoms with van der Waals surface area (Å²) < 4.78 is 20.7. The van der Waals surface area contributed by atoms with Crippen molar-refractivity contribution in [2.24, 2.45) is 5.41 Å². The summed E-state index contributed by atoms with van der Waals surface area (Å²) in [7, 11) is 2.19. The molecule has 1 atom stereocenters. The maximum absolute atomic E-state index is 13.5. The van der Waals surface area contributed by atoms with Crippen LogP contribution < -0.4 is 0 Å². The first kappa shape index (κ1) is 33.3. The fraction of sp³-hybridized carbons (Fsp3) is 0.630. The summed E-state index contributed by atoms with van der Waals surface area (Å²) in [6.07, 6.45) is 5.90. The number of esters is 3. The van der Waals surface area contributed by atoms with E-state index in [1.54, 1.807) is 33.9 Å². The maximum atomic E-state index is 13.5. The van der Waals surface area contributed by atoms with Crippen molar-refractivity contribution in [1.82, 2.24) is 9.80 Å². The molecule has 0 aromatic rings. The molecule has 0 aliphatic carbocycles. The molecule has 0 fully saturated rings. The van der Waals surface area contributed by atoms with E-state index in [-0.39, 0.29) is 29.7 Å². The first-order chi connectivity index (χ1) is 18.8. The molecule has 0 spiro atoms. The summed E-state index contributed by atoms with van der Waals surface area (Å²) in [5.74, 6) is -3.46. The van der Waals surface area contributed by atoms with E-state index in [0.717, 1.165) is 14.2 Å². The van der Waals surface area contributed by atoms with Gasteiger partial charge in [-0.1, -0.05) is 17.8 Å². The number of amides is 2. The van der Waals surface area contributed by atoms with Crippen LogP contribution in [0.25, 0.3) is 0 Å². The van der Waals surface area contributed by atoms with Crippen LogP contribution in [0.1, 0.15) is 59.8 Å². The smallest absolute Gasteiger partial charge is 0.336 e. The molecule has 222 valence electrons. The molecule has 2 aliphatic rings. The van der Waals surface area contributed by atoms with Crippen LogP contribution in [0.15, 0.2) is 24.0 Å². The van der Waals surface area contributed by atoms with Gasteiger partial charge in [-0.05, 0) is 59.2 Å². The summed E-state index contributed by atoms with van der Waals surface area (Å²) in [4.78, 5) is 67.0. The minimum atomic E-state index is -2.15. The van der Waals surface area contributed by atoms with Crippen LogP contribution in [0.2, 0.25) is 0 Å². The number of rotatable bonds is 10. The minimum Gasteiger partial charge on any atom is -0.479 e. The number of allylic oxidation sites excluding steroid dienone is 1. The van der Waals surface area contributed by atoms with E-state index in [9.17, 15) is 24.0 Å². The molecule has 0 aromatic heterocycles. The molecule has 0 bridgehead atoms. The molecular formula is C27H38N2O9S2. The van der Waals surface area contributed by atoms with Gasteiger partial charge in [0.1, 0.15) is 5.60 Å². The third-order valence-electron chi connectivity index (χ3n) is 6.15. The molecule has 40 heavy (non-hydrogen) atoms. The van der Waals surface area contributed by atoms with E-state index in [1.165, 1.54) is 33.8 Å². The van der Waals surface area contributed by atoms with Gasteiger partial charge in [-0.2, -0.15) is 0 Å². The van der Waals surface area contributed by atoms with Crippen molar-refractivity contribution in [3.63, 3.8) is 0 Å². The van der Waals surface area contributed by atoms with Gasteiger partial charge in [-0.15, -0.1) is 0 Å². The lowest BCUT2D eigenvalue weighted by atomic mass is 9.81.